The van der Waals surface area contributed by atoms with Crippen molar-refractivity contribution in [3.8, 4) is 5.75 Å². The van der Waals surface area contributed by atoms with Crippen LogP contribution in [0.15, 0.2) is 18.2 Å². The Morgan fingerprint density at radius 1 is 1.23 bits per heavy atom. The number of rotatable bonds is 11. The molecule has 0 aliphatic heterocycles. The Kier molecular flexibility index (Phi) is 9.02. The number of nitro benzene ring substituents is 1. The Balaban J connectivity index is 2.82. The Hall–Kier alpha value is -2.72. The van der Waals surface area contributed by atoms with E-state index in [9.17, 15) is 19.7 Å². The van der Waals surface area contributed by atoms with Crippen LogP contribution in [0.5, 0.6) is 5.75 Å². The first-order valence-corrected chi connectivity index (χ1v) is 7.68. The summed E-state index contributed by atoms with van der Waals surface area (Å²) >= 11 is 0. The second-order valence-corrected chi connectivity index (χ2v) is 5.16. The molecule has 0 aromatic heterocycles. The number of methoxy groups -OCH3 is 3. The molecule has 0 aliphatic carbocycles. The Morgan fingerprint density at radius 2 is 1.96 bits per heavy atom. The quantitative estimate of drug-likeness (QED) is 0.258. The van der Waals surface area contributed by atoms with Gasteiger partial charge >= 0.3 is 11.7 Å². The molecule has 0 bridgehead atoms. The highest BCUT2D eigenvalue weighted by Gasteiger charge is 2.24. The zero-order valence-corrected chi connectivity index (χ0v) is 14.9. The summed E-state index contributed by atoms with van der Waals surface area (Å²) in [5, 5.41) is 13.6. The van der Waals surface area contributed by atoms with Crippen molar-refractivity contribution in [1.82, 2.24) is 5.32 Å². The number of nitrogens with zero attached hydrogens (tertiary/aromatic N) is 1. The van der Waals surface area contributed by atoms with E-state index in [0.29, 0.717) is 12.2 Å². The molecular formula is C16H22N2O8. The highest BCUT2D eigenvalue weighted by Crippen LogP contribution is 2.28. The first kappa shape index (κ1) is 21.3. The van der Waals surface area contributed by atoms with Gasteiger partial charge in [-0.3, -0.25) is 14.9 Å². The molecule has 0 fully saturated rings. The molecule has 0 radical (unpaired) electrons. The summed E-state index contributed by atoms with van der Waals surface area (Å²) in [6, 6.07) is 3.28. The van der Waals surface area contributed by atoms with E-state index < -0.39 is 22.8 Å². The fourth-order valence-corrected chi connectivity index (χ4v) is 2.12. The van der Waals surface area contributed by atoms with Crippen LogP contribution in [0.4, 0.5) is 5.69 Å². The van der Waals surface area contributed by atoms with Gasteiger partial charge in [-0.1, -0.05) is 6.07 Å². The number of carbonyl (C=O) groups excluding carboxylic acids is 2. The molecule has 1 N–H and O–H groups in total. The van der Waals surface area contributed by atoms with Gasteiger partial charge in [-0.05, 0) is 11.6 Å². The summed E-state index contributed by atoms with van der Waals surface area (Å²) in [5.41, 5.74) is 0.233. The average Bonchev–Trinajstić information content (AvgIpc) is 2.63. The van der Waals surface area contributed by atoms with E-state index in [1.54, 1.807) is 6.07 Å². The third-order valence-corrected chi connectivity index (χ3v) is 3.37. The Morgan fingerprint density at radius 3 is 2.54 bits per heavy atom. The summed E-state index contributed by atoms with van der Waals surface area (Å²) in [5.74, 6) is -1.09. The van der Waals surface area contributed by atoms with Crippen molar-refractivity contribution in [2.75, 3.05) is 41.2 Å². The van der Waals surface area contributed by atoms with Crippen molar-refractivity contribution >= 4 is 17.6 Å². The van der Waals surface area contributed by atoms with Crippen LogP contribution in [-0.2, 0) is 30.2 Å². The number of ether oxygens (including phenoxy) is 4. The maximum Gasteiger partial charge on any atom is 0.328 e. The van der Waals surface area contributed by atoms with Gasteiger partial charge < -0.3 is 24.3 Å². The zero-order valence-electron chi connectivity index (χ0n) is 14.9. The molecule has 0 unspecified atom stereocenters. The molecule has 144 valence electrons. The maximum absolute atomic E-state index is 11.9. The number of hydrogen-bond donors (Lipinski definition) is 1. The molecule has 1 rings (SSSR count). The van der Waals surface area contributed by atoms with Crippen molar-refractivity contribution in [2.24, 2.45) is 0 Å². The molecule has 0 heterocycles. The molecule has 1 atom stereocenters. The van der Waals surface area contributed by atoms with E-state index in [0.717, 1.165) is 0 Å². The highest BCUT2D eigenvalue weighted by atomic mass is 16.6. The summed E-state index contributed by atoms with van der Waals surface area (Å²) in [7, 11) is 4.01. The van der Waals surface area contributed by atoms with Crippen molar-refractivity contribution in [1.29, 1.82) is 0 Å². The molecule has 0 saturated carbocycles. The molecular weight excluding hydrogens is 348 g/mol. The lowest BCUT2D eigenvalue weighted by Gasteiger charge is -2.17. The number of nitro groups is 1. The van der Waals surface area contributed by atoms with Crippen LogP contribution in [0.3, 0.4) is 0 Å². The van der Waals surface area contributed by atoms with E-state index >= 15 is 0 Å². The molecule has 1 amide bonds. The lowest BCUT2D eigenvalue weighted by molar-refractivity contribution is -0.385. The standard InChI is InChI=1S/C16H22N2O8/c1-23-6-7-26-10-15(19)17-12(16(20)25-3)8-11-4-5-14(24-2)13(9-11)18(21)22/h4-5,9,12H,6-8,10H2,1-3H3,(H,17,19)/t12-/m1/s1. The molecule has 1 aromatic rings. The van der Waals surface area contributed by atoms with Crippen LogP contribution in [0.2, 0.25) is 0 Å². The van der Waals surface area contributed by atoms with Crippen LogP contribution < -0.4 is 10.1 Å². The first-order valence-electron chi connectivity index (χ1n) is 7.68. The first-order chi connectivity index (χ1) is 12.4. The fraction of sp³-hybridized carbons (Fsp3) is 0.500. The third-order valence-electron chi connectivity index (χ3n) is 3.37. The predicted molar refractivity (Wildman–Crippen MR) is 90.0 cm³/mol. The van der Waals surface area contributed by atoms with Crippen molar-refractivity contribution in [3.63, 3.8) is 0 Å². The van der Waals surface area contributed by atoms with Crippen molar-refractivity contribution < 1.29 is 33.5 Å². The minimum atomic E-state index is -1.01. The lowest BCUT2D eigenvalue weighted by atomic mass is 10.0. The summed E-state index contributed by atoms with van der Waals surface area (Å²) in [6.45, 7) is 0.320. The van der Waals surface area contributed by atoms with Gasteiger partial charge in [0.05, 0.1) is 32.4 Å². The summed E-state index contributed by atoms with van der Waals surface area (Å²) in [4.78, 5) is 34.3. The van der Waals surface area contributed by atoms with Gasteiger partial charge in [0.2, 0.25) is 5.91 Å². The molecule has 0 saturated heterocycles. The number of carbonyl (C=O) groups is 2. The Bertz CT molecular complexity index is 635. The van der Waals surface area contributed by atoms with Gasteiger partial charge in [-0.25, -0.2) is 4.79 Å². The topological polar surface area (TPSA) is 126 Å². The average molecular weight is 370 g/mol. The molecule has 10 nitrogen and oxygen atoms in total. The summed E-state index contributed by atoms with van der Waals surface area (Å²) < 4.78 is 19.5. The molecule has 26 heavy (non-hydrogen) atoms. The van der Waals surface area contributed by atoms with E-state index in [2.05, 4.69) is 10.1 Å². The van der Waals surface area contributed by atoms with E-state index in [1.807, 2.05) is 0 Å². The minimum absolute atomic E-state index is 0.0152. The monoisotopic (exact) mass is 370 g/mol. The SMILES string of the molecule is COCCOCC(=O)N[C@H](Cc1ccc(OC)c([N+](=O)[O-])c1)C(=O)OC. The smallest absolute Gasteiger partial charge is 0.328 e. The third kappa shape index (κ3) is 6.65. The molecule has 0 aliphatic rings. The predicted octanol–water partition coefficient (Wildman–Crippen LogP) is 0.467. The van der Waals surface area contributed by atoms with Gasteiger partial charge in [-0.15, -0.1) is 0 Å². The second-order valence-electron chi connectivity index (χ2n) is 5.16. The fourth-order valence-electron chi connectivity index (χ4n) is 2.12. The van der Waals surface area contributed by atoms with Crippen LogP contribution >= 0.6 is 0 Å². The van der Waals surface area contributed by atoms with Crippen molar-refractivity contribution in [2.45, 2.75) is 12.5 Å². The number of benzene rings is 1. The molecule has 1 aromatic carbocycles. The van der Waals surface area contributed by atoms with E-state index in [1.165, 1.54) is 33.5 Å². The maximum atomic E-state index is 11.9. The number of hydrogen-bond acceptors (Lipinski definition) is 8. The van der Waals surface area contributed by atoms with Crippen LogP contribution in [0.25, 0.3) is 0 Å². The van der Waals surface area contributed by atoms with E-state index in [-0.39, 0.29) is 31.1 Å². The normalized spacial score (nSPS) is 11.5. The van der Waals surface area contributed by atoms with Crippen molar-refractivity contribution in [3.05, 3.63) is 33.9 Å². The highest BCUT2D eigenvalue weighted by molar-refractivity contribution is 5.85. The minimum Gasteiger partial charge on any atom is -0.490 e. The molecule has 10 heteroatoms. The van der Waals surface area contributed by atoms with Gasteiger partial charge in [0.1, 0.15) is 12.6 Å². The molecule has 0 spiro atoms. The van der Waals surface area contributed by atoms with Gasteiger partial charge in [-0.2, -0.15) is 0 Å². The van der Waals surface area contributed by atoms with Gasteiger partial charge in [0.15, 0.2) is 5.75 Å². The number of amides is 1. The van der Waals surface area contributed by atoms with E-state index in [4.69, 9.17) is 14.2 Å². The second kappa shape index (κ2) is 11.0. The van der Waals surface area contributed by atoms with Gasteiger partial charge in [0, 0.05) is 19.6 Å². The van der Waals surface area contributed by atoms with Gasteiger partial charge in [0.25, 0.3) is 0 Å². The largest absolute Gasteiger partial charge is 0.490 e. The van der Waals surface area contributed by atoms with Crippen LogP contribution in [-0.4, -0.2) is 64.0 Å². The van der Waals surface area contributed by atoms with Crippen LogP contribution in [0, 0.1) is 10.1 Å². The number of nitrogens with one attached hydrogen (secondary N) is 1. The lowest BCUT2D eigenvalue weighted by Crippen LogP contribution is -2.44. The summed E-state index contributed by atoms with van der Waals surface area (Å²) in [6.07, 6.45) is 0.0152. The zero-order chi connectivity index (χ0) is 19.5. The Labute approximate surface area is 150 Å². The number of esters is 1. The van der Waals surface area contributed by atoms with Crippen LogP contribution in [0.1, 0.15) is 5.56 Å².